The third kappa shape index (κ3) is 4.34. The summed E-state index contributed by atoms with van der Waals surface area (Å²) in [5, 5.41) is -0.700. The third-order valence-corrected chi connectivity index (χ3v) is 5.70. The molecule has 0 aliphatic heterocycles. The summed E-state index contributed by atoms with van der Waals surface area (Å²) in [4.78, 5) is 12.6. The molecule has 2 aromatic carbocycles. The van der Waals surface area contributed by atoms with Crippen LogP contribution in [0.3, 0.4) is 0 Å². The fourth-order valence-corrected chi connectivity index (χ4v) is 4.55. The van der Waals surface area contributed by atoms with E-state index in [1.165, 1.54) is 18.2 Å². The first-order valence-corrected chi connectivity index (χ1v) is 9.81. The van der Waals surface area contributed by atoms with Crippen LogP contribution in [0.2, 0.25) is 0 Å². The van der Waals surface area contributed by atoms with Gasteiger partial charge in [0.1, 0.15) is 5.82 Å². The molecular formula is C16H14ClFO3S2. The van der Waals surface area contributed by atoms with E-state index in [-0.39, 0.29) is 10.5 Å². The van der Waals surface area contributed by atoms with Crippen molar-refractivity contribution < 1.29 is 17.6 Å². The van der Waals surface area contributed by atoms with E-state index < -0.39 is 20.9 Å². The largest absolute Gasteiger partial charge is 0.276 e. The molecule has 0 radical (unpaired) electrons. The van der Waals surface area contributed by atoms with Crippen LogP contribution in [0, 0.1) is 5.82 Å². The van der Waals surface area contributed by atoms with Crippen LogP contribution >= 0.6 is 23.4 Å². The summed E-state index contributed by atoms with van der Waals surface area (Å²) >= 11 is 6.68. The van der Waals surface area contributed by atoms with E-state index in [9.17, 15) is 17.6 Å². The smallest absolute Gasteiger partial charge is 0.252 e. The molecule has 0 aliphatic rings. The van der Waals surface area contributed by atoms with Gasteiger partial charge in [-0.2, -0.15) is 0 Å². The van der Waals surface area contributed by atoms with Gasteiger partial charge in [0.25, 0.3) is 5.24 Å². The number of benzene rings is 2. The Morgan fingerprint density at radius 2 is 1.96 bits per heavy atom. The highest BCUT2D eigenvalue weighted by molar-refractivity contribution is 8.00. The van der Waals surface area contributed by atoms with Gasteiger partial charge in [0.05, 0.1) is 4.90 Å². The fourth-order valence-electron chi connectivity index (χ4n) is 2.10. The van der Waals surface area contributed by atoms with Gasteiger partial charge in [-0.3, -0.25) is 4.79 Å². The van der Waals surface area contributed by atoms with Crippen LogP contribution in [0.4, 0.5) is 4.39 Å². The maximum Gasteiger partial charge on any atom is 0.252 e. The van der Waals surface area contributed by atoms with E-state index in [0.29, 0.717) is 21.8 Å². The summed E-state index contributed by atoms with van der Waals surface area (Å²) in [7, 11) is -3.57. The average molecular weight is 373 g/mol. The van der Waals surface area contributed by atoms with Crippen molar-refractivity contribution >= 4 is 38.4 Å². The molecule has 0 unspecified atom stereocenters. The summed E-state index contributed by atoms with van der Waals surface area (Å²) < 4.78 is 37.4. The Kier molecular flexibility index (Phi) is 5.49. The van der Waals surface area contributed by atoms with Crippen molar-refractivity contribution in [1.82, 2.24) is 0 Å². The maximum absolute atomic E-state index is 13.3. The third-order valence-electron chi connectivity index (χ3n) is 3.19. The van der Waals surface area contributed by atoms with Gasteiger partial charge < -0.3 is 0 Å². The summed E-state index contributed by atoms with van der Waals surface area (Å²) in [6, 6.07) is 8.80. The van der Waals surface area contributed by atoms with Gasteiger partial charge in [-0.25, -0.2) is 12.8 Å². The van der Waals surface area contributed by atoms with E-state index in [2.05, 4.69) is 0 Å². The molecule has 0 N–H and O–H groups in total. The van der Waals surface area contributed by atoms with Crippen molar-refractivity contribution in [3.63, 3.8) is 0 Å². The van der Waals surface area contributed by atoms with Crippen LogP contribution in [0.25, 0.3) is 0 Å². The SMILES string of the molecule is CCc1cc(Sc2cccc(F)c2)c(S(C)(=O)=O)cc1C(=O)Cl. The lowest BCUT2D eigenvalue weighted by atomic mass is 10.1. The van der Waals surface area contributed by atoms with Gasteiger partial charge in [-0.1, -0.05) is 24.8 Å². The molecule has 0 fully saturated rings. The maximum atomic E-state index is 13.3. The Morgan fingerprint density at radius 1 is 1.26 bits per heavy atom. The molecule has 0 aliphatic carbocycles. The first-order chi connectivity index (χ1) is 10.7. The van der Waals surface area contributed by atoms with E-state index in [1.54, 1.807) is 18.2 Å². The van der Waals surface area contributed by atoms with Crippen LogP contribution in [0.5, 0.6) is 0 Å². The van der Waals surface area contributed by atoms with Gasteiger partial charge in [-0.05, 0) is 53.9 Å². The monoisotopic (exact) mass is 372 g/mol. The zero-order chi connectivity index (χ0) is 17.2. The normalized spacial score (nSPS) is 11.5. The minimum atomic E-state index is -3.57. The van der Waals surface area contributed by atoms with Gasteiger partial charge >= 0.3 is 0 Å². The van der Waals surface area contributed by atoms with E-state index in [0.717, 1.165) is 18.0 Å². The zero-order valence-corrected chi connectivity index (χ0v) is 14.9. The number of hydrogen-bond donors (Lipinski definition) is 0. The van der Waals surface area contributed by atoms with Crippen molar-refractivity contribution in [2.24, 2.45) is 0 Å². The molecule has 122 valence electrons. The number of hydrogen-bond acceptors (Lipinski definition) is 4. The van der Waals surface area contributed by atoms with Crippen molar-refractivity contribution in [3.8, 4) is 0 Å². The van der Waals surface area contributed by atoms with Crippen molar-refractivity contribution in [1.29, 1.82) is 0 Å². The number of sulfone groups is 1. The van der Waals surface area contributed by atoms with E-state index in [4.69, 9.17) is 11.6 Å². The van der Waals surface area contributed by atoms with Gasteiger partial charge in [0, 0.05) is 21.6 Å². The molecule has 2 rings (SSSR count). The topological polar surface area (TPSA) is 51.2 Å². The molecular weight excluding hydrogens is 359 g/mol. The van der Waals surface area contributed by atoms with Crippen molar-refractivity contribution in [2.75, 3.05) is 6.26 Å². The summed E-state index contributed by atoms with van der Waals surface area (Å²) in [6.45, 7) is 1.84. The lowest BCUT2D eigenvalue weighted by Crippen LogP contribution is -2.05. The lowest BCUT2D eigenvalue weighted by Gasteiger charge is -2.13. The van der Waals surface area contributed by atoms with Crippen LogP contribution in [0.1, 0.15) is 22.8 Å². The quantitative estimate of drug-likeness (QED) is 0.733. The highest BCUT2D eigenvalue weighted by atomic mass is 35.5. The number of aryl methyl sites for hydroxylation is 1. The fraction of sp³-hybridized carbons (Fsp3) is 0.188. The van der Waals surface area contributed by atoms with Crippen LogP contribution < -0.4 is 0 Å². The predicted octanol–water partition coefficient (Wildman–Crippen LogP) is 4.32. The van der Waals surface area contributed by atoms with Crippen molar-refractivity contribution in [3.05, 3.63) is 53.3 Å². The van der Waals surface area contributed by atoms with Gasteiger partial charge in [0.15, 0.2) is 9.84 Å². The Bertz CT molecular complexity index is 864. The highest BCUT2D eigenvalue weighted by Gasteiger charge is 2.20. The second-order valence-electron chi connectivity index (χ2n) is 4.91. The zero-order valence-electron chi connectivity index (χ0n) is 12.5. The van der Waals surface area contributed by atoms with E-state index in [1.807, 2.05) is 6.92 Å². The molecule has 0 heterocycles. The Hall–Kier alpha value is -1.37. The minimum absolute atomic E-state index is 0.00737. The molecule has 7 heteroatoms. The molecule has 0 amide bonds. The number of rotatable bonds is 5. The molecule has 23 heavy (non-hydrogen) atoms. The molecule has 0 saturated heterocycles. The first-order valence-electron chi connectivity index (χ1n) is 6.72. The van der Waals surface area contributed by atoms with Crippen molar-refractivity contribution in [2.45, 2.75) is 28.0 Å². The number of carbonyl (C=O) groups is 1. The predicted molar refractivity (Wildman–Crippen MR) is 89.6 cm³/mol. The molecule has 2 aromatic rings. The molecule has 0 aromatic heterocycles. The second kappa shape index (κ2) is 7.03. The second-order valence-corrected chi connectivity index (χ2v) is 8.36. The molecule has 0 atom stereocenters. The summed E-state index contributed by atoms with van der Waals surface area (Å²) in [5.74, 6) is -0.404. The number of halogens is 2. The van der Waals surface area contributed by atoms with Crippen LogP contribution in [-0.4, -0.2) is 19.9 Å². The van der Waals surface area contributed by atoms with Gasteiger partial charge in [-0.15, -0.1) is 0 Å². The first kappa shape index (κ1) is 18.0. The molecule has 0 bridgehead atoms. The van der Waals surface area contributed by atoms with Crippen LogP contribution in [-0.2, 0) is 16.3 Å². The Morgan fingerprint density at radius 3 is 2.48 bits per heavy atom. The molecule has 0 saturated carbocycles. The van der Waals surface area contributed by atoms with Gasteiger partial charge in [0.2, 0.25) is 0 Å². The van der Waals surface area contributed by atoms with E-state index >= 15 is 0 Å². The Labute approximate surface area is 143 Å². The molecule has 3 nitrogen and oxygen atoms in total. The Balaban J connectivity index is 2.63. The standard InChI is InChI=1S/C16H14ClFO3S2/c1-3-10-7-14(22-12-6-4-5-11(18)8-12)15(23(2,20)21)9-13(10)16(17)19/h4-9H,3H2,1-2H3. The van der Waals surface area contributed by atoms with Crippen LogP contribution in [0.15, 0.2) is 51.1 Å². The highest BCUT2D eigenvalue weighted by Crippen LogP contribution is 2.35. The number of carbonyl (C=O) groups excluding carboxylic acids is 1. The lowest BCUT2D eigenvalue weighted by molar-refractivity contribution is 0.108. The minimum Gasteiger partial charge on any atom is -0.276 e. The summed E-state index contributed by atoms with van der Waals surface area (Å²) in [6.07, 6.45) is 1.58. The molecule has 0 spiro atoms. The average Bonchev–Trinajstić information content (AvgIpc) is 2.45. The summed E-state index contributed by atoms with van der Waals surface area (Å²) in [5.41, 5.74) is 0.828.